The van der Waals surface area contributed by atoms with Crippen LogP contribution >= 0.6 is 15.9 Å². The van der Waals surface area contributed by atoms with E-state index in [0.29, 0.717) is 12.4 Å². The lowest BCUT2D eigenvalue weighted by molar-refractivity contribution is -0.121. The van der Waals surface area contributed by atoms with Crippen LogP contribution < -0.4 is 10.2 Å². The van der Waals surface area contributed by atoms with Crippen molar-refractivity contribution in [1.82, 2.24) is 9.73 Å². The Kier molecular flexibility index (Phi) is 9.42. The number of amides is 1. The van der Waals surface area contributed by atoms with Crippen LogP contribution in [0.4, 0.5) is 0 Å². The maximum atomic E-state index is 13.3. The van der Waals surface area contributed by atoms with Crippen LogP contribution in [0, 0.1) is 0 Å². The van der Waals surface area contributed by atoms with Crippen LogP contribution in [0.2, 0.25) is 0 Å². The first-order chi connectivity index (χ1) is 18.4. The van der Waals surface area contributed by atoms with Crippen molar-refractivity contribution in [3.63, 3.8) is 0 Å². The van der Waals surface area contributed by atoms with Crippen molar-refractivity contribution in [2.75, 3.05) is 6.54 Å². The third kappa shape index (κ3) is 7.85. The van der Waals surface area contributed by atoms with E-state index in [1.807, 2.05) is 66.7 Å². The molecule has 0 bridgehead atoms. The molecule has 0 radical (unpaired) electrons. The number of halogens is 1. The lowest BCUT2D eigenvalue weighted by Gasteiger charge is -2.21. The van der Waals surface area contributed by atoms with E-state index in [1.54, 1.807) is 30.3 Å². The summed E-state index contributed by atoms with van der Waals surface area (Å²) in [6, 6.07) is 32.4. The average Bonchev–Trinajstić information content (AvgIpc) is 2.94. The van der Waals surface area contributed by atoms with Crippen LogP contribution in [0.5, 0.6) is 5.75 Å². The van der Waals surface area contributed by atoms with Crippen LogP contribution in [0.3, 0.4) is 0 Å². The molecule has 0 aliphatic rings. The average molecular weight is 593 g/mol. The first-order valence-electron chi connectivity index (χ1n) is 11.8. The third-order valence-electron chi connectivity index (χ3n) is 5.50. The molecule has 38 heavy (non-hydrogen) atoms. The van der Waals surface area contributed by atoms with E-state index >= 15 is 0 Å². The predicted octanol–water partition coefficient (Wildman–Crippen LogP) is 5.37. The Balaban J connectivity index is 1.37. The van der Waals surface area contributed by atoms with Crippen molar-refractivity contribution < 1.29 is 17.9 Å². The molecule has 0 saturated carbocycles. The number of sulfonamides is 1. The molecule has 0 fully saturated rings. The Morgan fingerprint density at radius 2 is 1.47 bits per heavy atom. The van der Waals surface area contributed by atoms with Crippen molar-refractivity contribution in [1.29, 1.82) is 0 Å². The Morgan fingerprint density at radius 3 is 2.13 bits per heavy atom. The molecule has 194 valence electrons. The standard InChI is InChI=1S/C29H26BrN3O4S/c30-26-15-11-24(12-16-26)20-33(38(35,36)28-9-5-2-6-10-28)21-29(34)32-31-19-23-13-17-27(18-14-23)37-22-25-7-3-1-4-8-25/h1-19H,20-22H2,(H,32,34)/b31-19-. The second kappa shape index (κ2) is 13.1. The minimum absolute atomic E-state index is 0.0338. The summed E-state index contributed by atoms with van der Waals surface area (Å²) < 4.78 is 34.4. The van der Waals surface area contributed by atoms with Gasteiger partial charge in [-0.05, 0) is 65.2 Å². The van der Waals surface area contributed by atoms with E-state index in [4.69, 9.17) is 4.74 Å². The van der Waals surface area contributed by atoms with Crippen molar-refractivity contribution in [3.05, 3.63) is 130 Å². The van der Waals surface area contributed by atoms with Gasteiger partial charge >= 0.3 is 0 Å². The maximum absolute atomic E-state index is 13.3. The number of hydrogen-bond donors (Lipinski definition) is 1. The molecule has 0 atom stereocenters. The van der Waals surface area contributed by atoms with Crippen molar-refractivity contribution in [2.45, 2.75) is 18.0 Å². The van der Waals surface area contributed by atoms with Crippen LogP contribution in [-0.4, -0.2) is 31.4 Å². The number of carbonyl (C=O) groups is 1. The van der Waals surface area contributed by atoms with Gasteiger partial charge in [-0.2, -0.15) is 9.41 Å². The quantitative estimate of drug-likeness (QED) is 0.188. The zero-order valence-electron chi connectivity index (χ0n) is 20.4. The second-order valence-corrected chi connectivity index (χ2v) is 11.2. The summed E-state index contributed by atoms with van der Waals surface area (Å²) in [6.45, 7) is 0.107. The molecule has 0 aromatic heterocycles. The van der Waals surface area contributed by atoms with E-state index in [2.05, 4.69) is 26.5 Å². The number of rotatable bonds is 11. The lowest BCUT2D eigenvalue weighted by Crippen LogP contribution is -2.39. The van der Waals surface area contributed by atoms with E-state index in [-0.39, 0.29) is 11.4 Å². The van der Waals surface area contributed by atoms with Crippen LogP contribution in [0.15, 0.2) is 124 Å². The number of ether oxygens (including phenoxy) is 1. The van der Waals surface area contributed by atoms with E-state index in [9.17, 15) is 13.2 Å². The van der Waals surface area contributed by atoms with Gasteiger partial charge in [0.25, 0.3) is 5.91 Å². The molecule has 4 rings (SSSR count). The highest BCUT2D eigenvalue weighted by Crippen LogP contribution is 2.19. The molecule has 4 aromatic rings. The Morgan fingerprint density at radius 1 is 0.842 bits per heavy atom. The molecule has 1 amide bonds. The van der Waals surface area contributed by atoms with Gasteiger partial charge in [-0.1, -0.05) is 76.6 Å². The Hall–Kier alpha value is -3.79. The molecule has 4 aromatic carbocycles. The molecule has 0 aliphatic carbocycles. The number of benzene rings is 4. The largest absolute Gasteiger partial charge is 0.489 e. The summed E-state index contributed by atoms with van der Waals surface area (Å²) in [6.07, 6.45) is 1.49. The van der Waals surface area contributed by atoms with Crippen LogP contribution in [0.1, 0.15) is 16.7 Å². The maximum Gasteiger partial charge on any atom is 0.255 e. The summed E-state index contributed by atoms with van der Waals surface area (Å²) in [5.41, 5.74) is 5.00. The summed E-state index contributed by atoms with van der Waals surface area (Å²) >= 11 is 3.38. The zero-order valence-corrected chi connectivity index (χ0v) is 22.8. The Labute approximate surface area is 231 Å². The number of hydrogen-bond acceptors (Lipinski definition) is 5. The van der Waals surface area contributed by atoms with Gasteiger partial charge in [-0.25, -0.2) is 13.8 Å². The highest BCUT2D eigenvalue weighted by atomic mass is 79.9. The topological polar surface area (TPSA) is 88.1 Å². The fraction of sp³-hybridized carbons (Fsp3) is 0.103. The van der Waals surface area contributed by atoms with Gasteiger partial charge in [-0.15, -0.1) is 0 Å². The molecule has 1 N–H and O–H groups in total. The van der Waals surface area contributed by atoms with Gasteiger partial charge < -0.3 is 4.74 Å². The predicted molar refractivity (Wildman–Crippen MR) is 151 cm³/mol. The van der Waals surface area contributed by atoms with Gasteiger partial charge in [0.05, 0.1) is 17.7 Å². The molecule has 0 heterocycles. The van der Waals surface area contributed by atoms with Crippen molar-refractivity contribution in [2.24, 2.45) is 5.10 Å². The molecule has 0 saturated heterocycles. The smallest absolute Gasteiger partial charge is 0.255 e. The molecule has 0 aliphatic heterocycles. The Bertz CT molecular complexity index is 1460. The molecule has 0 unspecified atom stereocenters. The summed E-state index contributed by atoms with van der Waals surface area (Å²) in [5, 5.41) is 4.00. The highest BCUT2D eigenvalue weighted by molar-refractivity contribution is 9.10. The monoisotopic (exact) mass is 591 g/mol. The summed E-state index contributed by atoms with van der Waals surface area (Å²) in [4.78, 5) is 12.8. The highest BCUT2D eigenvalue weighted by Gasteiger charge is 2.26. The second-order valence-electron chi connectivity index (χ2n) is 8.35. The normalized spacial score (nSPS) is 11.5. The number of carbonyl (C=O) groups excluding carboxylic acids is 1. The number of hydrazone groups is 1. The fourth-order valence-electron chi connectivity index (χ4n) is 3.53. The number of nitrogens with zero attached hydrogens (tertiary/aromatic N) is 2. The zero-order chi connectivity index (χ0) is 26.8. The van der Waals surface area contributed by atoms with E-state index < -0.39 is 22.5 Å². The van der Waals surface area contributed by atoms with Crippen LogP contribution in [0.25, 0.3) is 0 Å². The van der Waals surface area contributed by atoms with E-state index in [0.717, 1.165) is 25.5 Å². The van der Waals surface area contributed by atoms with Crippen molar-refractivity contribution in [3.8, 4) is 5.75 Å². The molecule has 9 heteroatoms. The van der Waals surface area contributed by atoms with Crippen LogP contribution in [-0.2, 0) is 28.0 Å². The first-order valence-corrected chi connectivity index (χ1v) is 14.0. The minimum Gasteiger partial charge on any atom is -0.489 e. The van der Waals surface area contributed by atoms with Gasteiger partial charge in [0.1, 0.15) is 12.4 Å². The lowest BCUT2D eigenvalue weighted by atomic mass is 10.2. The van der Waals surface area contributed by atoms with Crippen molar-refractivity contribution >= 4 is 38.1 Å². The SMILES string of the molecule is O=C(CN(Cc1ccc(Br)cc1)S(=O)(=O)c1ccccc1)N/N=C\c1ccc(OCc2ccccc2)cc1. The molecule has 0 spiro atoms. The molecular formula is C29H26BrN3O4S. The van der Waals surface area contributed by atoms with Gasteiger partial charge in [-0.3, -0.25) is 4.79 Å². The van der Waals surface area contributed by atoms with Gasteiger partial charge in [0.15, 0.2) is 0 Å². The third-order valence-corrected chi connectivity index (χ3v) is 7.84. The van der Waals surface area contributed by atoms with Gasteiger partial charge in [0, 0.05) is 11.0 Å². The summed E-state index contributed by atoms with van der Waals surface area (Å²) in [5.74, 6) is 0.158. The van der Waals surface area contributed by atoms with Gasteiger partial charge in [0.2, 0.25) is 10.0 Å². The number of nitrogens with one attached hydrogen (secondary N) is 1. The molecule has 7 nitrogen and oxygen atoms in total. The molecular weight excluding hydrogens is 566 g/mol. The minimum atomic E-state index is -3.92. The fourth-order valence-corrected chi connectivity index (χ4v) is 5.20. The van der Waals surface area contributed by atoms with E-state index in [1.165, 1.54) is 18.3 Å². The summed E-state index contributed by atoms with van der Waals surface area (Å²) in [7, 11) is -3.92. The first kappa shape index (κ1) is 27.3.